The summed E-state index contributed by atoms with van der Waals surface area (Å²) in [6.45, 7) is 1.95. The Hall–Kier alpha value is -1.61. The van der Waals surface area contributed by atoms with E-state index in [1.54, 1.807) is 4.90 Å². The highest BCUT2D eigenvalue weighted by atomic mass is 32.2. The molecule has 0 bridgehead atoms. The first kappa shape index (κ1) is 14.3. The number of hydrogen-bond donors (Lipinski definition) is 1. The van der Waals surface area contributed by atoms with Gasteiger partial charge in [0.1, 0.15) is 5.69 Å². The Morgan fingerprint density at radius 3 is 2.67 bits per heavy atom. The lowest BCUT2D eigenvalue weighted by atomic mass is 10.3. The third kappa shape index (κ3) is 2.88. The fourth-order valence-electron chi connectivity index (χ4n) is 2.71. The molecule has 2 aliphatic rings. The highest BCUT2D eigenvalue weighted by Crippen LogP contribution is 2.21. The molecule has 8 nitrogen and oxygen atoms in total. The number of carbonyl (C=O) groups excluding carboxylic acids is 1. The van der Waals surface area contributed by atoms with Gasteiger partial charge in [0.05, 0.1) is 30.8 Å². The van der Waals surface area contributed by atoms with Crippen LogP contribution in [0.15, 0.2) is 10.9 Å². The Morgan fingerprint density at radius 2 is 2.05 bits per heavy atom. The van der Waals surface area contributed by atoms with Gasteiger partial charge in [0.25, 0.3) is 11.5 Å². The number of sulfone groups is 1. The second-order valence-corrected chi connectivity index (χ2v) is 7.57. The molecule has 2 saturated heterocycles. The van der Waals surface area contributed by atoms with Crippen molar-refractivity contribution in [3.05, 3.63) is 22.1 Å². The van der Waals surface area contributed by atoms with Crippen LogP contribution in [-0.4, -0.2) is 66.8 Å². The third-order valence-electron chi connectivity index (χ3n) is 3.85. The van der Waals surface area contributed by atoms with Gasteiger partial charge in [0.2, 0.25) is 0 Å². The van der Waals surface area contributed by atoms with Crippen molar-refractivity contribution in [3.8, 4) is 0 Å². The molecule has 1 atom stereocenters. The van der Waals surface area contributed by atoms with Gasteiger partial charge in [0, 0.05) is 19.2 Å². The number of aromatic nitrogens is 2. The Bertz CT molecular complexity index is 699. The zero-order valence-corrected chi connectivity index (χ0v) is 12.3. The lowest BCUT2D eigenvalue weighted by Crippen LogP contribution is -2.40. The van der Waals surface area contributed by atoms with Crippen molar-refractivity contribution >= 4 is 15.7 Å². The van der Waals surface area contributed by atoms with E-state index in [2.05, 4.69) is 5.10 Å². The van der Waals surface area contributed by atoms with Gasteiger partial charge in [-0.05, 0) is 6.42 Å². The lowest BCUT2D eigenvalue weighted by Gasteiger charge is -2.26. The lowest BCUT2D eigenvalue weighted by molar-refractivity contribution is 0.0298. The van der Waals surface area contributed by atoms with Crippen LogP contribution in [-0.2, 0) is 14.6 Å². The number of ether oxygens (including phenoxy) is 1. The molecule has 1 aromatic rings. The van der Waals surface area contributed by atoms with E-state index in [4.69, 9.17) is 4.74 Å². The van der Waals surface area contributed by atoms with Gasteiger partial charge in [-0.3, -0.25) is 14.7 Å². The smallest absolute Gasteiger partial charge is 0.272 e. The van der Waals surface area contributed by atoms with Crippen molar-refractivity contribution in [3.63, 3.8) is 0 Å². The van der Waals surface area contributed by atoms with Crippen molar-refractivity contribution in [1.29, 1.82) is 0 Å². The zero-order chi connectivity index (χ0) is 15.0. The number of morpholine rings is 1. The first-order valence-corrected chi connectivity index (χ1v) is 8.67. The predicted octanol–water partition coefficient (Wildman–Crippen LogP) is -0.992. The van der Waals surface area contributed by atoms with Crippen LogP contribution >= 0.6 is 0 Å². The summed E-state index contributed by atoms with van der Waals surface area (Å²) < 4.78 is 29.4. The van der Waals surface area contributed by atoms with Crippen LogP contribution in [0.2, 0.25) is 0 Å². The van der Waals surface area contributed by atoms with Gasteiger partial charge in [-0.15, -0.1) is 0 Å². The number of carbonyl (C=O) groups is 1. The summed E-state index contributed by atoms with van der Waals surface area (Å²) in [5.74, 6) is -0.232. The van der Waals surface area contributed by atoms with E-state index in [0.29, 0.717) is 32.7 Å². The second-order valence-electron chi connectivity index (χ2n) is 5.34. The quantitative estimate of drug-likeness (QED) is 0.755. The van der Waals surface area contributed by atoms with Crippen LogP contribution in [0.5, 0.6) is 0 Å². The molecular weight excluding hydrogens is 298 g/mol. The van der Waals surface area contributed by atoms with Crippen LogP contribution in [0, 0.1) is 0 Å². The van der Waals surface area contributed by atoms with Crippen molar-refractivity contribution in [1.82, 2.24) is 14.7 Å². The van der Waals surface area contributed by atoms with E-state index in [1.165, 1.54) is 10.7 Å². The molecule has 3 heterocycles. The Balaban J connectivity index is 1.81. The van der Waals surface area contributed by atoms with Crippen LogP contribution in [0.3, 0.4) is 0 Å². The zero-order valence-electron chi connectivity index (χ0n) is 11.4. The molecule has 1 unspecified atom stereocenters. The molecule has 1 amide bonds. The number of H-pyrrole nitrogens is 1. The monoisotopic (exact) mass is 315 g/mol. The molecule has 2 aliphatic heterocycles. The molecule has 0 aliphatic carbocycles. The molecule has 0 spiro atoms. The van der Waals surface area contributed by atoms with E-state index in [1.807, 2.05) is 0 Å². The summed E-state index contributed by atoms with van der Waals surface area (Å²) in [7, 11) is -3.08. The van der Waals surface area contributed by atoms with Gasteiger partial charge < -0.3 is 9.64 Å². The summed E-state index contributed by atoms with van der Waals surface area (Å²) in [6, 6.07) is 0.830. The molecule has 2 fully saturated rings. The molecule has 1 aromatic heterocycles. The standard InChI is InChI=1S/C12H17N3O5S/c16-11-7-10(12(17)14-2-4-20-5-3-14)13-15(11)9-1-6-21(18,19)8-9/h7,9,13H,1-6,8H2. The number of hydrogen-bond acceptors (Lipinski definition) is 5. The number of nitrogens with zero attached hydrogens (tertiary/aromatic N) is 2. The minimum absolute atomic E-state index is 0.0569. The third-order valence-corrected chi connectivity index (χ3v) is 5.60. The van der Waals surface area contributed by atoms with Gasteiger partial charge in [0.15, 0.2) is 9.84 Å². The largest absolute Gasteiger partial charge is 0.378 e. The van der Waals surface area contributed by atoms with Gasteiger partial charge >= 0.3 is 0 Å². The Labute approximate surface area is 121 Å². The number of rotatable bonds is 2. The predicted molar refractivity (Wildman–Crippen MR) is 74.1 cm³/mol. The summed E-state index contributed by atoms with van der Waals surface area (Å²) in [4.78, 5) is 25.9. The summed E-state index contributed by atoms with van der Waals surface area (Å²) in [6.07, 6.45) is 0.397. The maximum atomic E-state index is 12.3. The minimum atomic E-state index is -3.08. The number of nitrogens with one attached hydrogen (secondary N) is 1. The number of amides is 1. The molecule has 9 heteroatoms. The second kappa shape index (κ2) is 5.30. The molecule has 116 valence electrons. The summed E-state index contributed by atoms with van der Waals surface area (Å²) >= 11 is 0. The normalized spacial score (nSPS) is 25.1. The Morgan fingerprint density at radius 1 is 1.33 bits per heavy atom. The van der Waals surface area contributed by atoms with E-state index in [-0.39, 0.29) is 28.7 Å². The van der Waals surface area contributed by atoms with Gasteiger partial charge in [-0.25, -0.2) is 13.1 Å². The van der Waals surface area contributed by atoms with Gasteiger partial charge in [-0.1, -0.05) is 0 Å². The van der Waals surface area contributed by atoms with Crippen molar-refractivity contribution < 1.29 is 17.9 Å². The fraction of sp³-hybridized carbons (Fsp3) is 0.667. The molecule has 21 heavy (non-hydrogen) atoms. The molecule has 0 saturated carbocycles. The molecule has 3 rings (SSSR count). The van der Waals surface area contributed by atoms with E-state index >= 15 is 0 Å². The van der Waals surface area contributed by atoms with Crippen LogP contribution in [0.4, 0.5) is 0 Å². The van der Waals surface area contributed by atoms with Crippen molar-refractivity contribution in [2.45, 2.75) is 12.5 Å². The highest BCUT2D eigenvalue weighted by molar-refractivity contribution is 7.91. The summed E-state index contributed by atoms with van der Waals surface area (Å²) in [5, 5.41) is 2.77. The fourth-order valence-corrected chi connectivity index (χ4v) is 4.41. The average Bonchev–Trinajstić information content (AvgIpc) is 3.01. The molecule has 0 radical (unpaired) electrons. The minimum Gasteiger partial charge on any atom is -0.378 e. The van der Waals surface area contributed by atoms with Gasteiger partial charge in [-0.2, -0.15) is 0 Å². The van der Waals surface area contributed by atoms with Crippen LogP contribution in [0.1, 0.15) is 23.0 Å². The van der Waals surface area contributed by atoms with Crippen LogP contribution < -0.4 is 5.56 Å². The maximum Gasteiger partial charge on any atom is 0.272 e. The first-order valence-electron chi connectivity index (χ1n) is 6.85. The van der Waals surface area contributed by atoms with Crippen molar-refractivity contribution in [2.24, 2.45) is 0 Å². The summed E-state index contributed by atoms with van der Waals surface area (Å²) in [5.41, 5.74) is -0.167. The van der Waals surface area contributed by atoms with Crippen molar-refractivity contribution in [2.75, 3.05) is 37.8 Å². The molecule has 1 N–H and O–H groups in total. The van der Waals surface area contributed by atoms with E-state index < -0.39 is 15.9 Å². The van der Waals surface area contributed by atoms with E-state index in [9.17, 15) is 18.0 Å². The number of aromatic amines is 1. The SMILES string of the molecule is O=C(c1cc(=O)n(C2CCS(=O)(=O)C2)[nH]1)N1CCOCC1. The Kier molecular flexibility index (Phi) is 3.62. The topological polar surface area (TPSA) is 101 Å². The van der Waals surface area contributed by atoms with Crippen LogP contribution in [0.25, 0.3) is 0 Å². The highest BCUT2D eigenvalue weighted by Gasteiger charge is 2.31. The molecule has 0 aromatic carbocycles. The molecular formula is C12H17N3O5S. The van der Waals surface area contributed by atoms with E-state index in [0.717, 1.165) is 0 Å². The first-order chi connectivity index (χ1) is 9.96. The maximum absolute atomic E-state index is 12.3. The average molecular weight is 315 g/mol.